The maximum Gasteiger partial charge on any atom is 0.326 e. The molecule has 0 aliphatic carbocycles. The van der Waals surface area contributed by atoms with Gasteiger partial charge in [-0.2, -0.15) is 0 Å². The third-order valence-corrected chi connectivity index (χ3v) is 3.22. The van der Waals surface area contributed by atoms with Crippen molar-refractivity contribution < 1.29 is 24.6 Å². The summed E-state index contributed by atoms with van der Waals surface area (Å²) < 4.78 is 0. The Kier molecular flexibility index (Phi) is 4.77. The van der Waals surface area contributed by atoms with Gasteiger partial charge >= 0.3 is 11.9 Å². The molecule has 1 aromatic carbocycles. The number of aliphatic carboxylic acids is 2. The van der Waals surface area contributed by atoms with Crippen LogP contribution >= 0.6 is 0 Å². The molecule has 0 aliphatic rings. The van der Waals surface area contributed by atoms with E-state index in [1.807, 2.05) is 30.3 Å². The number of hydrogen-bond acceptors (Lipinski definition) is 3. The lowest BCUT2D eigenvalue weighted by atomic mass is 10.1. The van der Waals surface area contributed by atoms with Gasteiger partial charge in [0.15, 0.2) is 0 Å². The molecule has 0 fully saturated rings. The molecule has 4 N–H and O–H groups in total. The number of H-pyrrole nitrogens is 1. The Morgan fingerprint density at radius 1 is 1.18 bits per heavy atom. The zero-order valence-electron chi connectivity index (χ0n) is 11.7. The second-order valence-electron chi connectivity index (χ2n) is 4.95. The predicted octanol–water partition coefficient (Wildman–Crippen LogP) is 1.14. The Morgan fingerprint density at radius 2 is 1.91 bits per heavy atom. The fraction of sp³-hybridized carbons (Fsp3) is 0.267. The summed E-state index contributed by atoms with van der Waals surface area (Å²) in [6.07, 6.45) is -0.460. The van der Waals surface area contributed by atoms with Gasteiger partial charge < -0.3 is 20.5 Å². The Morgan fingerprint density at radius 3 is 2.55 bits per heavy atom. The lowest BCUT2D eigenvalue weighted by Crippen LogP contribution is -2.41. The number of hydrogen-bond donors (Lipinski definition) is 4. The van der Waals surface area contributed by atoms with Crippen LogP contribution in [0.3, 0.4) is 0 Å². The molecule has 0 unspecified atom stereocenters. The van der Waals surface area contributed by atoms with Gasteiger partial charge in [0.1, 0.15) is 6.04 Å². The number of carbonyl (C=O) groups excluding carboxylic acids is 1. The van der Waals surface area contributed by atoms with Crippen LogP contribution in [-0.2, 0) is 20.8 Å². The van der Waals surface area contributed by atoms with Crippen molar-refractivity contribution in [1.82, 2.24) is 10.3 Å². The maximum atomic E-state index is 11.9. The SMILES string of the molecule is O=C(O)CC[C@H](NC(=O)Cc1cc2ccccc2[nH]1)C(=O)O. The molecule has 0 bridgehead atoms. The van der Waals surface area contributed by atoms with Crippen molar-refractivity contribution in [2.75, 3.05) is 0 Å². The molecule has 1 atom stereocenters. The Hall–Kier alpha value is -2.83. The minimum atomic E-state index is -1.24. The van der Waals surface area contributed by atoms with E-state index in [0.29, 0.717) is 5.69 Å². The molecule has 0 radical (unpaired) electrons. The van der Waals surface area contributed by atoms with Gasteiger partial charge in [-0.3, -0.25) is 9.59 Å². The third kappa shape index (κ3) is 4.08. The summed E-state index contributed by atoms with van der Waals surface area (Å²) >= 11 is 0. The molecular formula is C15H16N2O5. The lowest BCUT2D eigenvalue weighted by molar-refractivity contribution is -0.143. The fourth-order valence-corrected chi connectivity index (χ4v) is 2.17. The van der Waals surface area contributed by atoms with Crippen LogP contribution in [0.5, 0.6) is 0 Å². The number of fused-ring (bicyclic) bond motifs is 1. The highest BCUT2D eigenvalue weighted by Crippen LogP contribution is 2.15. The number of rotatable bonds is 7. The van der Waals surface area contributed by atoms with E-state index < -0.39 is 23.9 Å². The number of aromatic nitrogens is 1. The van der Waals surface area contributed by atoms with Crippen molar-refractivity contribution in [2.45, 2.75) is 25.3 Å². The summed E-state index contributed by atoms with van der Waals surface area (Å²) in [5.41, 5.74) is 1.56. The quantitative estimate of drug-likeness (QED) is 0.611. The highest BCUT2D eigenvalue weighted by Gasteiger charge is 2.21. The number of carboxylic acids is 2. The summed E-state index contributed by atoms with van der Waals surface area (Å²) in [7, 11) is 0. The highest BCUT2D eigenvalue weighted by atomic mass is 16.4. The van der Waals surface area contributed by atoms with Crippen LogP contribution in [-0.4, -0.2) is 39.1 Å². The van der Waals surface area contributed by atoms with E-state index in [4.69, 9.17) is 10.2 Å². The number of para-hydroxylation sites is 1. The molecule has 1 aromatic heterocycles. The number of carbonyl (C=O) groups is 3. The zero-order valence-corrected chi connectivity index (χ0v) is 11.7. The van der Waals surface area contributed by atoms with Crippen LogP contribution in [0, 0.1) is 0 Å². The van der Waals surface area contributed by atoms with Crippen molar-refractivity contribution >= 4 is 28.7 Å². The van der Waals surface area contributed by atoms with Gasteiger partial charge in [0.2, 0.25) is 5.91 Å². The van der Waals surface area contributed by atoms with E-state index in [1.54, 1.807) is 0 Å². The van der Waals surface area contributed by atoms with Gasteiger partial charge in [-0.15, -0.1) is 0 Å². The summed E-state index contributed by atoms with van der Waals surface area (Å²) in [4.78, 5) is 36.5. The Bertz CT molecular complexity index is 674. The van der Waals surface area contributed by atoms with E-state index in [9.17, 15) is 14.4 Å². The van der Waals surface area contributed by atoms with Crippen molar-refractivity contribution in [3.63, 3.8) is 0 Å². The molecule has 0 aliphatic heterocycles. The average Bonchev–Trinajstić information content (AvgIpc) is 2.84. The van der Waals surface area contributed by atoms with Gasteiger partial charge in [0.05, 0.1) is 6.42 Å². The Labute approximate surface area is 125 Å². The summed E-state index contributed by atoms with van der Waals surface area (Å²) in [5, 5.41) is 20.9. The van der Waals surface area contributed by atoms with Crippen LogP contribution in [0.15, 0.2) is 30.3 Å². The normalized spacial score (nSPS) is 12.0. The van der Waals surface area contributed by atoms with Crippen LogP contribution in [0.25, 0.3) is 10.9 Å². The standard InChI is InChI=1S/C15H16N2O5/c18-13(17-12(15(21)22)5-6-14(19)20)8-10-7-9-3-1-2-4-11(9)16-10/h1-4,7,12,16H,5-6,8H2,(H,17,18)(H,19,20)(H,21,22)/t12-/m0/s1. The number of amides is 1. The minimum Gasteiger partial charge on any atom is -0.481 e. The second-order valence-corrected chi connectivity index (χ2v) is 4.95. The molecule has 1 amide bonds. The van der Waals surface area contributed by atoms with Crippen molar-refractivity contribution in [3.05, 3.63) is 36.0 Å². The first-order valence-corrected chi connectivity index (χ1v) is 6.76. The monoisotopic (exact) mass is 304 g/mol. The molecule has 0 spiro atoms. The molecule has 2 aromatic rings. The lowest BCUT2D eigenvalue weighted by Gasteiger charge is -2.13. The van der Waals surface area contributed by atoms with Crippen LogP contribution in [0.1, 0.15) is 18.5 Å². The molecule has 0 saturated carbocycles. The molecule has 7 nitrogen and oxygen atoms in total. The van der Waals surface area contributed by atoms with Crippen LogP contribution < -0.4 is 5.32 Å². The van der Waals surface area contributed by atoms with E-state index >= 15 is 0 Å². The minimum absolute atomic E-state index is 0.00549. The highest BCUT2D eigenvalue weighted by molar-refractivity contribution is 5.87. The van der Waals surface area contributed by atoms with Gasteiger partial charge in [-0.25, -0.2) is 4.79 Å². The number of aromatic amines is 1. The third-order valence-electron chi connectivity index (χ3n) is 3.22. The number of carboxylic acid groups (broad SMARTS) is 2. The van der Waals surface area contributed by atoms with Gasteiger partial charge in [-0.05, 0) is 23.9 Å². The van der Waals surface area contributed by atoms with Crippen molar-refractivity contribution in [1.29, 1.82) is 0 Å². The zero-order chi connectivity index (χ0) is 16.1. The van der Waals surface area contributed by atoms with Crippen molar-refractivity contribution in [2.24, 2.45) is 0 Å². The summed E-state index contributed by atoms with van der Waals surface area (Å²) in [6, 6.07) is 8.15. The first-order valence-electron chi connectivity index (χ1n) is 6.76. The van der Waals surface area contributed by atoms with E-state index in [2.05, 4.69) is 10.3 Å². The smallest absolute Gasteiger partial charge is 0.326 e. The fourth-order valence-electron chi connectivity index (χ4n) is 2.17. The Balaban J connectivity index is 1.98. The number of benzene rings is 1. The van der Waals surface area contributed by atoms with Crippen molar-refractivity contribution in [3.8, 4) is 0 Å². The molecule has 116 valence electrons. The topological polar surface area (TPSA) is 119 Å². The summed E-state index contributed by atoms with van der Waals surface area (Å²) in [6.45, 7) is 0. The molecule has 0 saturated heterocycles. The number of nitrogens with one attached hydrogen (secondary N) is 2. The first-order chi connectivity index (χ1) is 10.5. The summed E-state index contributed by atoms with van der Waals surface area (Å²) in [5.74, 6) is -2.81. The molecule has 2 rings (SSSR count). The second kappa shape index (κ2) is 6.75. The largest absolute Gasteiger partial charge is 0.481 e. The molecule has 7 heteroatoms. The predicted molar refractivity (Wildman–Crippen MR) is 78.4 cm³/mol. The van der Waals surface area contributed by atoms with Gasteiger partial charge in [0.25, 0.3) is 0 Å². The van der Waals surface area contributed by atoms with E-state index in [-0.39, 0.29) is 19.3 Å². The molecular weight excluding hydrogens is 288 g/mol. The first kappa shape index (κ1) is 15.6. The van der Waals surface area contributed by atoms with Gasteiger partial charge in [0, 0.05) is 17.6 Å². The average molecular weight is 304 g/mol. The maximum absolute atomic E-state index is 11.9. The molecule has 22 heavy (non-hydrogen) atoms. The van der Waals surface area contributed by atoms with Crippen LogP contribution in [0.4, 0.5) is 0 Å². The van der Waals surface area contributed by atoms with E-state index in [0.717, 1.165) is 10.9 Å². The van der Waals surface area contributed by atoms with E-state index in [1.165, 1.54) is 0 Å². The van der Waals surface area contributed by atoms with Gasteiger partial charge in [-0.1, -0.05) is 18.2 Å². The molecule has 1 heterocycles. The van der Waals surface area contributed by atoms with Crippen LogP contribution in [0.2, 0.25) is 0 Å².